The van der Waals surface area contributed by atoms with Crippen LogP contribution in [0.2, 0.25) is 5.02 Å². The van der Waals surface area contributed by atoms with Crippen molar-refractivity contribution in [3.63, 3.8) is 0 Å². The normalized spacial score (nSPS) is 10.7. The number of carbonyl (C=O) groups excluding carboxylic acids is 1. The number of hydrogen-bond donors (Lipinski definition) is 1. The van der Waals surface area contributed by atoms with Gasteiger partial charge in [-0.2, -0.15) is 10.2 Å². The molecule has 0 atom stereocenters. The Morgan fingerprint density at radius 2 is 2.00 bits per heavy atom. The lowest BCUT2D eigenvalue weighted by molar-refractivity contribution is 0.100. The van der Waals surface area contributed by atoms with Crippen molar-refractivity contribution in [2.45, 2.75) is 13.3 Å². The molecule has 1 N–H and O–H groups in total. The molecule has 0 fully saturated rings. The van der Waals surface area contributed by atoms with Gasteiger partial charge in [0.2, 0.25) is 0 Å². The van der Waals surface area contributed by atoms with Crippen LogP contribution in [0.25, 0.3) is 0 Å². The van der Waals surface area contributed by atoms with E-state index in [0.717, 1.165) is 10.0 Å². The Bertz CT molecular complexity index is 1170. The van der Waals surface area contributed by atoms with Gasteiger partial charge in [0.05, 0.1) is 22.2 Å². The Balaban J connectivity index is 1.43. The summed E-state index contributed by atoms with van der Waals surface area (Å²) in [5.41, 5.74) is 2.07. The van der Waals surface area contributed by atoms with Crippen molar-refractivity contribution in [2.75, 3.05) is 5.32 Å². The first-order valence-electron chi connectivity index (χ1n) is 9.06. The van der Waals surface area contributed by atoms with Crippen LogP contribution in [0.4, 0.5) is 5.69 Å². The standard InChI is InChI=1S/C21H17BrClN5O2/c22-16-11-25-27(13-16)12-15-4-3-5-17(10-15)26-21(29)19-8-9-24-28(19)14-30-20-7-2-1-6-18(20)23/h1-11,13H,12,14H2,(H,26,29). The van der Waals surface area contributed by atoms with Crippen LogP contribution in [0, 0.1) is 0 Å². The number of hydrogen-bond acceptors (Lipinski definition) is 4. The summed E-state index contributed by atoms with van der Waals surface area (Å²) < 4.78 is 9.89. The Morgan fingerprint density at radius 3 is 2.80 bits per heavy atom. The molecule has 2 aromatic heterocycles. The summed E-state index contributed by atoms with van der Waals surface area (Å²) in [6.07, 6.45) is 5.18. The van der Waals surface area contributed by atoms with Gasteiger partial charge in [0, 0.05) is 18.1 Å². The quantitative estimate of drug-likeness (QED) is 0.406. The number of aromatic nitrogens is 4. The fraction of sp³-hybridized carbons (Fsp3) is 0.0952. The van der Waals surface area contributed by atoms with Gasteiger partial charge in [-0.15, -0.1) is 0 Å². The summed E-state index contributed by atoms with van der Waals surface area (Å²) in [5.74, 6) is 0.244. The average Bonchev–Trinajstić information content (AvgIpc) is 3.36. The third-order valence-electron chi connectivity index (χ3n) is 4.26. The maximum Gasteiger partial charge on any atom is 0.274 e. The molecule has 4 rings (SSSR count). The zero-order valence-electron chi connectivity index (χ0n) is 15.7. The van der Waals surface area contributed by atoms with Crippen LogP contribution in [0.3, 0.4) is 0 Å². The third kappa shape index (κ3) is 4.90. The van der Waals surface area contributed by atoms with Crippen molar-refractivity contribution in [2.24, 2.45) is 0 Å². The number of nitrogens with one attached hydrogen (secondary N) is 1. The average molecular weight is 487 g/mol. The first-order valence-corrected chi connectivity index (χ1v) is 10.2. The van der Waals surface area contributed by atoms with E-state index in [-0.39, 0.29) is 12.6 Å². The van der Waals surface area contributed by atoms with Gasteiger partial charge >= 0.3 is 0 Å². The minimum atomic E-state index is -0.283. The van der Waals surface area contributed by atoms with Gasteiger partial charge in [0.15, 0.2) is 6.73 Å². The molecule has 0 aliphatic carbocycles. The number of ether oxygens (including phenoxy) is 1. The van der Waals surface area contributed by atoms with E-state index in [2.05, 4.69) is 31.4 Å². The van der Waals surface area contributed by atoms with Crippen LogP contribution >= 0.6 is 27.5 Å². The number of nitrogens with zero attached hydrogens (tertiary/aromatic N) is 4. The van der Waals surface area contributed by atoms with Gasteiger partial charge in [-0.25, -0.2) is 4.68 Å². The maximum atomic E-state index is 12.8. The topological polar surface area (TPSA) is 74.0 Å². The summed E-state index contributed by atoms with van der Waals surface area (Å²) in [6.45, 7) is 0.659. The van der Waals surface area contributed by atoms with E-state index >= 15 is 0 Å². The summed E-state index contributed by atoms with van der Waals surface area (Å²) >= 11 is 9.49. The van der Waals surface area contributed by atoms with Crippen LogP contribution < -0.4 is 10.1 Å². The van der Waals surface area contributed by atoms with Gasteiger partial charge < -0.3 is 10.1 Å². The van der Waals surface area contributed by atoms with Crippen molar-refractivity contribution in [3.05, 3.63) is 93.9 Å². The lowest BCUT2D eigenvalue weighted by Crippen LogP contribution is -2.19. The number of amides is 1. The summed E-state index contributed by atoms with van der Waals surface area (Å²) in [5, 5.41) is 11.8. The first-order chi connectivity index (χ1) is 14.6. The molecule has 152 valence electrons. The SMILES string of the molecule is O=C(Nc1cccc(Cn2cc(Br)cn2)c1)c1ccnn1COc1ccccc1Cl. The molecule has 1 amide bonds. The molecule has 0 saturated carbocycles. The summed E-state index contributed by atoms with van der Waals surface area (Å²) in [4.78, 5) is 12.8. The monoisotopic (exact) mass is 485 g/mol. The molecule has 0 aliphatic heterocycles. The molecular formula is C21H17BrClN5O2. The molecule has 0 unspecified atom stereocenters. The highest BCUT2D eigenvalue weighted by molar-refractivity contribution is 9.10. The number of rotatable bonds is 7. The van der Waals surface area contributed by atoms with Crippen molar-refractivity contribution >= 4 is 39.1 Å². The number of anilines is 1. The van der Waals surface area contributed by atoms with Crippen molar-refractivity contribution in [1.29, 1.82) is 0 Å². The highest BCUT2D eigenvalue weighted by Gasteiger charge is 2.13. The molecule has 2 aromatic carbocycles. The van der Waals surface area contributed by atoms with Crippen molar-refractivity contribution < 1.29 is 9.53 Å². The number of benzene rings is 2. The van der Waals surface area contributed by atoms with E-state index in [0.29, 0.717) is 28.7 Å². The van der Waals surface area contributed by atoms with Gasteiger partial charge in [0.1, 0.15) is 11.4 Å². The molecule has 7 nitrogen and oxygen atoms in total. The van der Waals surface area contributed by atoms with E-state index in [1.54, 1.807) is 30.6 Å². The Labute approximate surface area is 186 Å². The zero-order chi connectivity index (χ0) is 20.9. The molecule has 30 heavy (non-hydrogen) atoms. The molecule has 0 bridgehead atoms. The minimum Gasteiger partial charge on any atom is -0.470 e. The predicted octanol–water partition coefficient (Wildman–Crippen LogP) is 4.83. The molecule has 2 heterocycles. The number of para-hydroxylation sites is 1. The highest BCUT2D eigenvalue weighted by atomic mass is 79.9. The largest absolute Gasteiger partial charge is 0.470 e. The Kier molecular flexibility index (Phi) is 6.15. The second kappa shape index (κ2) is 9.15. The van der Waals surface area contributed by atoms with Gasteiger partial charge in [-0.05, 0) is 51.8 Å². The lowest BCUT2D eigenvalue weighted by atomic mass is 10.2. The van der Waals surface area contributed by atoms with Crippen molar-refractivity contribution in [1.82, 2.24) is 19.6 Å². The van der Waals surface area contributed by atoms with Crippen molar-refractivity contribution in [3.8, 4) is 5.75 Å². The smallest absolute Gasteiger partial charge is 0.274 e. The zero-order valence-corrected chi connectivity index (χ0v) is 18.0. The molecule has 0 spiro atoms. The van der Waals surface area contributed by atoms with E-state index in [1.807, 2.05) is 47.3 Å². The third-order valence-corrected chi connectivity index (χ3v) is 4.98. The second-order valence-corrected chi connectivity index (χ2v) is 7.75. The van der Waals surface area contributed by atoms with E-state index in [4.69, 9.17) is 16.3 Å². The molecule has 9 heteroatoms. The second-order valence-electron chi connectivity index (χ2n) is 6.43. The van der Waals surface area contributed by atoms with Crippen LogP contribution in [0.5, 0.6) is 5.75 Å². The summed E-state index contributed by atoms with van der Waals surface area (Å²) in [7, 11) is 0. The van der Waals surface area contributed by atoms with Crippen LogP contribution in [0.15, 0.2) is 77.7 Å². The molecule has 4 aromatic rings. The predicted molar refractivity (Wildman–Crippen MR) is 118 cm³/mol. The van der Waals surface area contributed by atoms with Gasteiger partial charge in [0.25, 0.3) is 5.91 Å². The number of carbonyl (C=O) groups is 1. The molecule has 0 saturated heterocycles. The van der Waals surface area contributed by atoms with Crippen LogP contribution in [-0.2, 0) is 13.3 Å². The fourth-order valence-electron chi connectivity index (χ4n) is 2.88. The molecule has 0 aliphatic rings. The molecule has 0 radical (unpaired) electrons. The van der Waals surface area contributed by atoms with Gasteiger partial charge in [-0.1, -0.05) is 35.9 Å². The highest BCUT2D eigenvalue weighted by Crippen LogP contribution is 2.23. The Morgan fingerprint density at radius 1 is 1.13 bits per heavy atom. The lowest BCUT2D eigenvalue weighted by Gasteiger charge is -2.11. The maximum absolute atomic E-state index is 12.8. The minimum absolute atomic E-state index is 0.0632. The van der Waals surface area contributed by atoms with E-state index in [1.165, 1.54) is 4.68 Å². The number of halogens is 2. The Hall–Kier alpha value is -3.10. The molecular weight excluding hydrogens is 470 g/mol. The van der Waals surface area contributed by atoms with Crippen LogP contribution in [-0.4, -0.2) is 25.5 Å². The van der Waals surface area contributed by atoms with Crippen LogP contribution in [0.1, 0.15) is 16.1 Å². The van der Waals surface area contributed by atoms with E-state index < -0.39 is 0 Å². The fourth-order valence-corrected chi connectivity index (χ4v) is 3.39. The summed E-state index contributed by atoms with van der Waals surface area (Å²) in [6, 6.07) is 16.4. The first kappa shape index (κ1) is 20.2. The van der Waals surface area contributed by atoms with E-state index in [9.17, 15) is 4.79 Å². The van der Waals surface area contributed by atoms with Gasteiger partial charge in [-0.3, -0.25) is 9.48 Å².